The summed E-state index contributed by atoms with van der Waals surface area (Å²) in [5.74, 6) is 0.379. The molecule has 1 heterocycles. The lowest BCUT2D eigenvalue weighted by Gasteiger charge is -2.34. The minimum absolute atomic E-state index is 0.0558. The van der Waals surface area contributed by atoms with Gasteiger partial charge in [0.05, 0.1) is 13.0 Å². The van der Waals surface area contributed by atoms with Crippen LogP contribution in [0.2, 0.25) is 0 Å². The molecule has 4 rings (SSSR count). The summed E-state index contributed by atoms with van der Waals surface area (Å²) < 4.78 is 0. The summed E-state index contributed by atoms with van der Waals surface area (Å²) in [6.45, 7) is 4.40. The molecule has 2 fully saturated rings. The van der Waals surface area contributed by atoms with Gasteiger partial charge in [-0.1, -0.05) is 55.3 Å². The molecular formula is C27H33N3O3. The number of anilines is 1. The zero-order valence-corrected chi connectivity index (χ0v) is 19.4. The Bertz CT molecular complexity index is 977. The lowest BCUT2D eigenvalue weighted by atomic mass is 10.0. The van der Waals surface area contributed by atoms with Crippen molar-refractivity contribution >= 4 is 23.4 Å². The summed E-state index contributed by atoms with van der Waals surface area (Å²) in [6, 6.07) is 17.9. The molecule has 6 nitrogen and oxygen atoms in total. The lowest BCUT2D eigenvalue weighted by molar-refractivity contribution is -0.138. The number of nitrogens with zero attached hydrogens (tertiary/aromatic N) is 3. The number of amides is 3. The molecule has 1 aliphatic heterocycles. The second-order valence-electron chi connectivity index (χ2n) is 9.12. The van der Waals surface area contributed by atoms with E-state index < -0.39 is 0 Å². The largest absolute Gasteiger partial charge is 0.339 e. The van der Waals surface area contributed by atoms with Crippen molar-refractivity contribution < 1.29 is 14.4 Å². The Morgan fingerprint density at radius 2 is 1.48 bits per heavy atom. The zero-order chi connectivity index (χ0) is 23.2. The monoisotopic (exact) mass is 447 g/mol. The highest BCUT2D eigenvalue weighted by molar-refractivity contribution is 5.95. The average Bonchev–Trinajstić information content (AvgIpc) is 3.38. The van der Waals surface area contributed by atoms with E-state index in [1.165, 1.54) is 0 Å². The van der Waals surface area contributed by atoms with E-state index in [1.807, 2.05) is 64.4 Å². The predicted octanol–water partition coefficient (Wildman–Crippen LogP) is 3.64. The maximum absolute atomic E-state index is 13.4. The number of hydrogen-bond acceptors (Lipinski definition) is 3. The molecule has 174 valence electrons. The Balaban J connectivity index is 1.48. The molecule has 0 radical (unpaired) electrons. The minimum atomic E-state index is 0.0558. The van der Waals surface area contributed by atoms with E-state index >= 15 is 0 Å². The van der Waals surface area contributed by atoms with Gasteiger partial charge < -0.3 is 14.7 Å². The molecule has 2 aromatic rings. The summed E-state index contributed by atoms with van der Waals surface area (Å²) >= 11 is 0. The van der Waals surface area contributed by atoms with Crippen molar-refractivity contribution in [3.63, 3.8) is 0 Å². The summed E-state index contributed by atoms with van der Waals surface area (Å²) in [5.41, 5.74) is 2.85. The molecule has 0 atom stereocenters. The Kier molecular flexibility index (Phi) is 7.43. The first-order valence-electron chi connectivity index (χ1n) is 12.0. The fraction of sp³-hybridized carbons (Fsp3) is 0.444. The Hall–Kier alpha value is -3.15. The molecule has 0 N–H and O–H groups in total. The maximum Gasteiger partial charge on any atom is 0.230 e. The van der Waals surface area contributed by atoms with Crippen molar-refractivity contribution in [3.05, 3.63) is 65.7 Å². The number of hydrogen-bond donors (Lipinski definition) is 0. The Morgan fingerprint density at radius 3 is 2.15 bits per heavy atom. The van der Waals surface area contributed by atoms with E-state index in [2.05, 4.69) is 0 Å². The van der Waals surface area contributed by atoms with Gasteiger partial charge in [-0.15, -0.1) is 0 Å². The molecule has 0 spiro atoms. The highest BCUT2D eigenvalue weighted by Crippen LogP contribution is 2.30. The molecule has 2 aliphatic rings. The van der Waals surface area contributed by atoms with E-state index in [9.17, 15) is 14.4 Å². The summed E-state index contributed by atoms with van der Waals surface area (Å²) in [6.07, 6.45) is 4.43. The van der Waals surface area contributed by atoms with E-state index in [0.717, 1.165) is 42.5 Å². The number of carbonyl (C=O) groups excluding carboxylic acids is 3. The Morgan fingerprint density at radius 1 is 0.848 bits per heavy atom. The molecule has 33 heavy (non-hydrogen) atoms. The summed E-state index contributed by atoms with van der Waals surface area (Å²) in [4.78, 5) is 43.4. The van der Waals surface area contributed by atoms with Crippen molar-refractivity contribution in [3.8, 4) is 0 Å². The van der Waals surface area contributed by atoms with Crippen molar-refractivity contribution in [1.29, 1.82) is 0 Å². The van der Waals surface area contributed by atoms with Gasteiger partial charge in [-0.2, -0.15) is 0 Å². The first-order chi connectivity index (χ1) is 16.0. The second kappa shape index (κ2) is 10.6. The van der Waals surface area contributed by atoms with Crippen molar-refractivity contribution in [2.45, 2.75) is 45.6 Å². The highest BCUT2D eigenvalue weighted by Gasteiger charge is 2.29. The molecular weight excluding hydrogens is 414 g/mol. The van der Waals surface area contributed by atoms with Crippen LogP contribution in [0.25, 0.3) is 0 Å². The van der Waals surface area contributed by atoms with E-state index in [4.69, 9.17) is 0 Å². The van der Waals surface area contributed by atoms with Gasteiger partial charge in [0.1, 0.15) is 0 Å². The molecule has 6 heteroatoms. The lowest BCUT2D eigenvalue weighted by Crippen LogP contribution is -2.50. The first kappa shape index (κ1) is 23.0. The fourth-order valence-corrected chi connectivity index (χ4v) is 4.85. The Labute approximate surface area is 196 Å². The maximum atomic E-state index is 13.4. The van der Waals surface area contributed by atoms with E-state index in [-0.39, 0.29) is 23.6 Å². The van der Waals surface area contributed by atoms with Gasteiger partial charge in [-0.3, -0.25) is 14.4 Å². The second-order valence-corrected chi connectivity index (χ2v) is 9.12. The average molecular weight is 448 g/mol. The summed E-state index contributed by atoms with van der Waals surface area (Å²) in [5, 5.41) is 0. The smallest absolute Gasteiger partial charge is 0.230 e. The normalized spacial score (nSPS) is 16.6. The highest BCUT2D eigenvalue weighted by atomic mass is 16.2. The number of carbonyl (C=O) groups is 3. The van der Waals surface area contributed by atoms with Gasteiger partial charge in [0.25, 0.3) is 0 Å². The topological polar surface area (TPSA) is 60.9 Å². The van der Waals surface area contributed by atoms with Gasteiger partial charge in [-0.25, -0.2) is 0 Å². The molecule has 1 saturated carbocycles. The van der Waals surface area contributed by atoms with Crippen LogP contribution < -0.4 is 4.90 Å². The van der Waals surface area contributed by atoms with Crippen molar-refractivity contribution in [2.75, 3.05) is 31.1 Å². The van der Waals surface area contributed by atoms with Crippen LogP contribution in [0.5, 0.6) is 0 Å². The third-order valence-corrected chi connectivity index (χ3v) is 6.81. The van der Waals surface area contributed by atoms with Crippen LogP contribution in [0.4, 0.5) is 5.69 Å². The molecule has 1 saturated heterocycles. The molecule has 0 unspecified atom stereocenters. The summed E-state index contributed by atoms with van der Waals surface area (Å²) in [7, 11) is 0. The van der Waals surface area contributed by atoms with Crippen LogP contribution in [0.15, 0.2) is 54.6 Å². The molecule has 1 aliphatic carbocycles. The zero-order valence-electron chi connectivity index (χ0n) is 19.4. The van der Waals surface area contributed by atoms with Crippen molar-refractivity contribution in [1.82, 2.24) is 9.80 Å². The van der Waals surface area contributed by atoms with Gasteiger partial charge >= 0.3 is 0 Å². The van der Waals surface area contributed by atoms with E-state index in [1.54, 1.807) is 11.8 Å². The number of benzene rings is 2. The van der Waals surface area contributed by atoms with Gasteiger partial charge in [0.2, 0.25) is 17.7 Å². The number of rotatable bonds is 6. The fourth-order valence-electron chi connectivity index (χ4n) is 4.85. The molecule has 3 amide bonds. The quantitative estimate of drug-likeness (QED) is 0.679. The minimum Gasteiger partial charge on any atom is -0.339 e. The van der Waals surface area contributed by atoms with Gasteiger partial charge in [0.15, 0.2) is 0 Å². The third-order valence-electron chi connectivity index (χ3n) is 6.81. The van der Waals surface area contributed by atoms with Crippen LogP contribution in [-0.4, -0.2) is 53.7 Å². The molecule has 0 bridgehead atoms. The van der Waals surface area contributed by atoms with Crippen LogP contribution in [0.1, 0.15) is 43.7 Å². The van der Waals surface area contributed by atoms with Gasteiger partial charge in [-0.05, 0) is 36.1 Å². The SMILES string of the molecule is CC(=O)N1CCN(C(=O)Cc2cccc(N(Cc3ccccc3)C(=O)C3CCCC3)c2)CC1. The first-order valence-corrected chi connectivity index (χ1v) is 12.0. The van der Waals surface area contributed by atoms with Crippen LogP contribution >= 0.6 is 0 Å². The van der Waals surface area contributed by atoms with Crippen LogP contribution in [0, 0.1) is 5.92 Å². The number of piperazine rings is 1. The molecule has 0 aromatic heterocycles. The standard InChI is InChI=1S/C27H33N3O3/c1-21(31)28-14-16-29(17-15-28)26(32)19-23-10-7-13-25(18-23)30(20-22-8-3-2-4-9-22)27(33)24-11-5-6-12-24/h2-4,7-10,13,18,24H,5-6,11-12,14-17,19-20H2,1H3. The van der Waals surface area contributed by atoms with Crippen LogP contribution in [-0.2, 0) is 27.3 Å². The van der Waals surface area contributed by atoms with Gasteiger partial charge in [0, 0.05) is 44.7 Å². The predicted molar refractivity (Wildman–Crippen MR) is 129 cm³/mol. The molecule has 2 aromatic carbocycles. The van der Waals surface area contributed by atoms with E-state index in [0.29, 0.717) is 39.1 Å². The van der Waals surface area contributed by atoms with Crippen LogP contribution in [0.3, 0.4) is 0 Å². The third kappa shape index (κ3) is 5.81. The van der Waals surface area contributed by atoms with Crippen molar-refractivity contribution in [2.24, 2.45) is 5.92 Å².